The monoisotopic (exact) mass is 168 g/mol. The molecule has 0 N–H and O–H groups in total. The molecular formula is C12H24. The van der Waals surface area contributed by atoms with Gasteiger partial charge in [-0.25, -0.2) is 0 Å². The fraction of sp³-hybridized carbons (Fsp3) is 0.667. The molecule has 0 fully saturated rings. The maximum absolute atomic E-state index is 2.16. The number of hydrogen-bond donors (Lipinski definition) is 0. The van der Waals surface area contributed by atoms with Crippen molar-refractivity contribution in [2.24, 2.45) is 0 Å². The van der Waals surface area contributed by atoms with Crippen LogP contribution in [-0.4, -0.2) is 0 Å². The van der Waals surface area contributed by atoms with Gasteiger partial charge in [0.2, 0.25) is 0 Å². The summed E-state index contributed by atoms with van der Waals surface area (Å²) < 4.78 is 0. The van der Waals surface area contributed by atoms with E-state index in [0.29, 0.717) is 0 Å². The topological polar surface area (TPSA) is 0 Å². The van der Waals surface area contributed by atoms with Gasteiger partial charge in [0.1, 0.15) is 0 Å². The van der Waals surface area contributed by atoms with Gasteiger partial charge in [0.05, 0.1) is 0 Å². The molecule has 0 amide bonds. The van der Waals surface area contributed by atoms with Gasteiger partial charge in [-0.05, 0) is 48.0 Å². The molecule has 0 spiro atoms. The summed E-state index contributed by atoms with van der Waals surface area (Å²) in [7, 11) is 0. The molecule has 0 aromatic carbocycles. The van der Waals surface area contributed by atoms with E-state index in [1.165, 1.54) is 23.1 Å². The maximum Gasteiger partial charge on any atom is -0.0352 e. The van der Waals surface area contributed by atoms with E-state index in [9.17, 15) is 0 Å². The predicted molar refractivity (Wildman–Crippen MR) is 59.4 cm³/mol. The van der Waals surface area contributed by atoms with E-state index >= 15 is 0 Å². The summed E-state index contributed by atoms with van der Waals surface area (Å²) in [6, 6.07) is 0. The first-order chi connectivity index (χ1) is 5.45. The Morgan fingerprint density at radius 1 is 0.917 bits per heavy atom. The van der Waals surface area contributed by atoms with Crippen LogP contribution in [0.25, 0.3) is 0 Å². The highest BCUT2D eigenvalue weighted by Crippen LogP contribution is 1.97. The van der Waals surface area contributed by atoms with Crippen LogP contribution >= 0.6 is 0 Å². The number of rotatable bonds is 1. The zero-order valence-corrected chi connectivity index (χ0v) is 9.78. The standard InChI is InChI=1S/2C6H12/c1-5(2)6(3)4;1-4-6(3)5-2/h1-4H3;4H,5H2,1-3H3. The quantitative estimate of drug-likeness (QED) is 0.497. The molecule has 0 aromatic rings. The fourth-order valence-electron chi connectivity index (χ4n) is 0.204. The lowest BCUT2D eigenvalue weighted by Gasteiger charge is -1.88. The van der Waals surface area contributed by atoms with E-state index < -0.39 is 0 Å². The van der Waals surface area contributed by atoms with E-state index in [4.69, 9.17) is 0 Å². The van der Waals surface area contributed by atoms with Crippen molar-refractivity contribution in [3.63, 3.8) is 0 Å². The highest BCUT2D eigenvalue weighted by Gasteiger charge is 1.75. The van der Waals surface area contributed by atoms with E-state index in [2.05, 4.69) is 54.5 Å². The lowest BCUT2D eigenvalue weighted by molar-refractivity contribution is 1.09. The lowest BCUT2D eigenvalue weighted by atomic mass is 10.2. The Hall–Kier alpha value is -0.520. The molecule has 0 aromatic heterocycles. The minimum Gasteiger partial charge on any atom is -0.0887 e. The van der Waals surface area contributed by atoms with Crippen molar-refractivity contribution in [1.29, 1.82) is 0 Å². The average Bonchev–Trinajstić information content (AvgIpc) is 2.04. The largest absolute Gasteiger partial charge is 0.0887 e. The van der Waals surface area contributed by atoms with Crippen molar-refractivity contribution in [2.75, 3.05) is 0 Å². The first kappa shape index (κ1) is 14.0. The van der Waals surface area contributed by atoms with Gasteiger partial charge in [-0.2, -0.15) is 0 Å². The summed E-state index contributed by atoms with van der Waals surface area (Å²) in [6.45, 7) is 14.9. The van der Waals surface area contributed by atoms with Crippen molar-refractivity contribution in [1.82, 2.24) is 0 Å². The number of hydrogen-bond acceptors (Lipinski definition) is 0. The molecule has 0 atom stereocenters. The van der Waals surface area contributed by atoms with Gasteiger partial charge < -0.3 is 0 Å². The first-order valence-electron chi connectivity index (χ1n) is 4.68. The molecule has 0 heterocycles. The molecule has 0 radical (unpaired) electrons. The number of allylic oxidation sites excluding steroid dienone is 4. The van der Waals surface area contributed by atoms with Crippen LogP contribution in [0.4, 0.5) is 0 Å². The van der Waals surface area contributed by atoms with Crippen LogP contribution < -0.4 is 0 Å². The molecule has 72 valence electrons. The summed E-state index contributed by atoms with van der Waals surface area (Å²) >= 11 is 0. The van der Waals surface area contributed by atoms with Crippen molar-refractivity contribution in [3.8, 4) is 0 Å². The second-order valence-electron chi connectivity index (χ2n) is 3.49. The third-order valence-corrected chi connectivity index (χ3v) is 2.05. The molecule has 12 heavy (non-hydrogen) atoms. The highest BCUT2D eigenvalue weighted by atomic mass is 13.8. The second-order valence-corrected chi connectivity index (χ2v) is 3.49. The molecule has 0 aliphatic carbocycles. The Kier molecular flexibility index (Phi) is 10.0. The highest BCUT2D eigenvalue weighted by molar-refractivity contribution is 5.02. The Bertz CT molecular complexity index is 141. The lowest BCUT2D eigenvalue weighted by Crippen LogP contribution is -1.66. The summed E-state index contributed by atoms with van der Waals surface area (Å²) in [4.78, 5) is 0. The Balaban J connectivity index is 0. The summed E-state index contributed by atoms with van der Waals surface area (Å²) in [5.74, 6) is 0. The minimum atomic E-state index is 1.19. The molecule has 0 aliphatic rings. The smallest absolute Gasteiger partial charge is 0.0352 e. The van der Waals surface area contributed by atoms with Gasteiger partial charge in [-0.15, -0.1) is 0 Å². The van der Waals surface area contributed by atoms with Gasteiger partial charge in [0.15, 0.2) is 0 Å². The Labute approximate surface area is 78.4 Å². The van der Waals surface area contributed by atoms with Crippen molar-refractivity contribution >= 4 is 0 Å². The normalized spacial score (nSPS) is 10.1. The van der Waals surface area contributed by atoms with Crippen LogP contribution in [0.1, 0.15) is 54.9 Å². The third kappa shape index (κ3) is 12.2. The maximum atomic E-state index is 2.16. The van der Waals surface area contributed by atoms with Gasteiger partial charge in [0.25, 0.3) is 0 Å². The summed E-state index contributed by atoms with van der Waals surface area (Å²) in [5, 5.41) is 0. The van der Waals surface area contributed by atoms with E-state index in [-0.39, 0.29) is 0 Å². The van der Waals surface area contributed by atoms with Crippen molar-refractivity contribution in [3.05, 3.63) is 22.8 Å². The Morgan fingerprint density at radius 3 is 1.25 bits per heavy atom. The van der Waals surface area contributed by atoms with Crippen LogP contribution in [0.15, 0.2) is 22.8 Å². The second kappa shape index (κ2) is 8.58. The van der Waals surface area contributed by atoms with Gasteiger partial charge >= 0.3 is 0 Å². The summed E-state index contributed by atoms with van der Waals surface area (Å²) in [5.41, 5.74) is 4.32. The van der Waals surface area contributed by atoms with Gasteiger partial charge in [-0.1, -0.05) is 29.7 Å². The van der Waals surface area contributed by atoms with Crippen LogP contribution in [0.5, 0.6) is 0 Å². The van der Waals surface area contributed by atoms with Crippen LogP contribution in [0, 0.1) is 0 Å². The molecule has 0 aliphatic heterocycles. The van der Waals surface area contributed by atoms with Crippen LogP contribution in [0.3, 0.4) is 0 Å². The predicted octanol–water partition coefficient (Wildman–Crippen LogP) is 4.73. The zero-order valence-electron chi connectivity index (χ0n) is 9.78. The molecule has 0 saturated carbocycles. The van der Waals surface area contributed by atoms with Gasteiger partial charge in [0, 0.05) is 0 Å². The van der Waals surface area contributed by atoms with E-state index in [1.807, 2.05) is 0 Å². The zero-order chi connectivity index (χ0) is 10.1. The SMILES string of the molecule is CC(C)=C(C)C.CC=C(C)CC. The van der Waals surface area contributed by atoms with Gasteiger partial charge in [-0.3, -0.25) is 0 Å². The average molecular weight is 168 g/mol. The Morgan fingerprint density at radius 2 is 1.25 bits per heavy atom. The fourth-order valence-corrected chi connectivity index (χ4v) is 0.204. The molecule has 0 heteroatoms. The van der Waals surface area contributed by atoms with Crippen molar-refractivity contribution < 1.29 is 0 Å². The molecular weight excluding hydrogens is 144 g/mol. The molecule has 0 nitrogen and oxygen atoms in total. The van der Waals surface area contributed by atoms with Crippen LogP contribution in [0.2, 0.25) is 0 Å². The molecule has 0 bridgehead atoms. The van der Waals surface area contributed by atoms with Crippen LogP contribution in [-0.2, 0) is 0 Å². The third-order valence-electron chi connectivity index (χ3n) is 2.05. The summed E-state index contributed by atoms with van der Waals surface area (Å²) in [6.07, 6.45) is 3.33. The van der Waals surface area contributed by atoms with E-state index in [0.717, 1.165) is 0 Å². The molecule has 0 unspecified atom stereocenters. The van der Waals surface area contributed by atoms with Crippen molar-refractivity contribution in [2.45, 2.75) is 54.9 Å². The molecule has 0 saturated heterocycles. The first-order valence-corrected chi connectivity index (χ1v) is 4.68. The minimum absolute atomic E-state index is 1.19. The molecule has 0 rings (SSSR count). The van der Waals surface area contributed by atoms with E-state index in [1.54, 1.807) is 0 Å².